The molecule has 0 saturated heterocycles. The van der Waals surface area contributed by atoms with Gasteiger partial charge in [0.05, 0.1) is 36.3 Å². The van der Waals surface area contributed by atoms with Gasteiger partial charge in [-0.2, -0.15) is 18.4 Å². The first-order valence-corrected chi connectivity index (χ1v) is 14.6. The van der Waals surface area contributed by atoms with Gasteiger partial charge in [0.15, 0.2) is 5.11 Å². The van der Waals surface area contributed by atoms with E-state index in [0.29, 0.717) is 35.7 Å². The number of nitrogens with one attached hydrogen (secondary N) is 1. The molecule has 0 bridgehead atoms. The van der Waals surface area contributed by atoms with Crippen LogP contribution in [-0.2, 0) is 30.5 Å². The molecule has 0 aliphatic carbocycles. The largest absolute Gasteiger partial charge is 0.495 e. The van der Waals surface area contributed by atoms with E-state index in [2.05, 4.69) is 16.4 Å². The van der Waals surface area contributed by atoms with Crippen molar-refractivity contribution in [1.29, 1.82) is 5.26 Å². The number of aromatic nitrogens is 2. The van der Waals surface area contributed by atoms with E-state index in [-0.39, 0.29) is 42.5 Å². The summed E-state index contributed by atoms with van der Waals surface area (Å²) in [7, 11) is 1.50. The van der Waals surface area contributed by atoms with Crippen molar-refractivity contribution in [2.45, 2.75) is 32.1 Å². The molecule has 0 radical (unpaired) electrons. The van der Waals surface area contributed by atoms with Crippen molar-refractivity contribution >= 4 is 28.8 Å². The zero-order valence-electron chi connectivity index (χ0n) is 24.6. The number of rotatable bonds is 13. The summed E-state index contributed by atoms with van der Waals surface area (Å²) in [6.07, 6.45) is -0.977. The molecule has 3 N–H and O–H groups in total. The van der Waals surface area contributed by atoms with Crippen LogP contribution in [-0.4, -0.2) is 45.5 Å². The van der Waals surface area contributed by atoms with Gasteiger partial charge in [0.25, 0.3) is 0 Å². The van der Waals surface area contributed by atoms with Crippen LogP contribution in [0.2, 0.25) is 0 Å². The molecule has 4 aromatic rings. The minimum atomic E-state index is -4.57. The second-order valence-electron chi connectivity index (χ2n) is 10.4. The lowest BCUT2D eigenvalue weighted by molar-refractivity contribution is -0.138. The molecule has 0 saturated carbocycles. The van der Waals surface area contributed by atoms with Crippen LogP contribution >= 0.6 is 12.2 Å². The molecule has 0 amide bonds. The number of Topliss-reactive ketones (excluding diaryl/α,β-unsaturated/α-hetero) is 1. The molecule has 8 nitrogen and oxygen atoms in total. The third kappa shape index (κ3) is 8.90. The fourth-order valence-corrected chi connectivity index (χ4v) is 5.21. The molecular formula is C33H33F3N6O2S. The average Bonchev–Trinajstić information content (AvgIpc) is 3.46. The van der Waals surface area contributed by atoms with E-state index in [4.69, 9.17) is 28.0 Å². The molecule has 0 aliphatic rings. The number of hydrogen-bond acceptors (Lipinski definition) is 6. The number of ketones is 1. The van der Waals surface area contributed by atoms with E-state index in [0.717, 1.165) is 11.6 Å². The molecule has 1 atom stereocenters. The second kappa shape index (κ2) is 15.3. The minimum Gasteiger partial charge on any atom is -0.495 e. The summed E-state index contributed by atoms with van der Waals surface area (Å²) < 4.78 is 49.0. The summed E-state index contributed by atoms with van der Waals surface area (Å²) >= 11 is 5.72. The number of nitriles is 1. The topological polar surface area (TPSA) is 109 Å². The Balaban J connectivity index is 1.58. The highest BCUT2D eigenvalue weighted by atomic mass is 32.1. The first-order valence-electron chi connectivity index (χ1n) is 14.2. The third-order valence-electron chi connectivity index (χ3n) is 7.32. The zero-order valence-corrected chi connectivity index (χ0v) is 25.4. The number of methoxy groups -OCH3 is 1. The highest BCUT2D eigenvalue weighted by Crippen LogP contribution is 2.33. The standard InChI is InChI=1S/C33H33F3N6O2S/c1-44-31-9-5-4-8-29(31)40-32(45)41(20-25-6-2-3-7-28(25)33(34,35)36)21-26(14-15-37)30(43)16-27-18-39-22-42(27)19-24-12-10-23(17-38)11-13-24/h2-13,18,22,26H,14-16,19-21,37H2,1H3,(H,40,45)/t26-/m0/s1. The zero-order chi connectivity index (χ0) is 32.4. The molecule has 234 valence electrons. The molecule has 45 heavy (non-hydrogen) atoms. The predicted molar refractivity (Wildman–Crippen MR) is 169 cm³/mol. The highest BCUT2D eigenvalue weighted by Gasteiger charge is 2.34. The Labute approximate surface area is 265 Å². The maximum atomic E-state index is 13.9. The number of nitrogens with two attached hydrogens (primary N) is 1. The molecule has 1 aromatic heterocycles. The lowest BCUT2D eigenvalue weighted by atomic mass is 9.95. The summed E-state index contributed by atoms with van der Waals surface area (Å²) in [5.74, 6) is -0.277. The molecule has 1 heterocycles. The van der Waals surface area contributed by atoms with Gasteiger partial charge in [-0.25, -0.2) is 4.98 Å². The number of alkyl halides is 3. The van der Waals surface area contributed by atoms with Gasteiger partial charge in [-0.15, -0.1) is 0 Å². The number of carbonyl (C=O) groups is 1. The van der Waals surface area contributed by atoms with Crippen molar-refractivity contribution in [2.24, 2.45) is 11.7 Å². The summed E-state index contributed by atoms with van der Waals surface area (Å²) in [5.41, 5.74) is 7.85. The maximum Gasteiger partial charge on any atom is 0.416 e. The van der Waals surface area contributed by atoms with Gasteiger partial charge in [-0.05, 0) is 66.6 Å². The van der Waals surface area contributed by atoms with Crippen LogP contribution in [0.5, 0.6) is 5.75 Å². The van der Waals surface area contributed by atoms with Crippen LogP contribution < -0.4 is 15.8 Å². The highest BCUT2D eigenvalue weighted by molar-refractivity contribution is 7.80. The van der Waals surface area contributed by atoms with Gasteiger partial charge in [0, 0.05) is 43.9 Å². The summed E-state index contributed by atoms with van der Waals surface area (Å²) in [5, 5.41) is 12.3. The fraction of sp³-hybridized carbons (Fsp3) is 0.273. The van der Waals surface area contributed by atoms with E-state index in [1.54, 1.807) is 53.8 Å². The van der Waals surface area contributed by atoms with E-state index in [9.17, 15) is 18.0 Å². The van der Waals surface area contributed by atoms with Crippen LogP contribution in [0.1, 0.15) is 34.4 Å². The van der Waals surface area contributed by atoms with Gasteiger partial charge in [-0.1, -0.05) is 42.5 Å². The van der Waals surface area contributed by atoms with E-state index < -0.39 is 17.7 Å². The van der Waals surface area contributed by atoms with E-state index in [1.165, 1.54) is 25.3 Å². The SMILES string of the molecule is COc1ccccc1NC(=S)N(Cc1ccccc1C(F)(F)F)C[C@H](CCN)C(=O)Cc1cncn1Cc1ccc(C#N)cc1. The van der Waals surface area contributed by atoms with Crippen LogP contribution in [0.3, 0.4) is 0 Å². The van der Waals surface area contributed by atoms with Gasteiger partial charge in [-0.3, -0.25) is 4.79 Å². The van der Waals surface area contributed by atoms with E-state index in [1.807, 2.05) is 16.7 Å². The molecule has 4 rings (SSSR count). The molecule has 0 unspecified atom stereocenters. The van der Waals surface area contributed by atoms with Crippen LogP contribution in [0.15, 0.2) is 85.3 Å². The molecular weight excluding hydrogens is 601 g/mol. The number of para-hydroxylation sites is 2. The first-order chi connectivity index (χ1) is 21.6. The maximum absolute atomic E-state index is 13.9. The Morgan fingerprint density at radius 2 is 1.84 bits per heavy atom. The molecule has 0 fully saturated rings. The number of hydrogen-bond donors (Lipinski definition) is 2. The number of imidazole rings is 1. The summed E-state index contributed by atoms with van der Waals surface area (Å²) in [4.78, 5) is 19.6. The van der Waals surface area contributed by atoms with Crippen LogP contribution in [0.4, 0.5) is 18.9 Å². The number of anilines is 1. The Morgan fingerprint density at radius 3 is 2.53 bits per heavy atom. The van der Waals surface area contributed by atoms with Crippen molar-refractivity contribution in [1.82, 2.24) is 14.5 Å². The molecule has 0 aliphatic heterocycles. The van der Waals surface area contributed by atoms with Gasteiger partial charge < -0.3 is 25.3 Å². The lowest BCUT2D eigenvalue weighted by Gasteiger charge is -2.31. The van der Waals surface area contributed by atoms with Gasteiger partial charge in [0.2, 0.25) is 0 Å². The predicted octanol–water partition coefficient (Wildman–Crippen LogP) is 5.81. The Hall–Kier alpha value is -4.73. The first kappa shape index (κ1) is 33.2. The minimum absolute atomic E-state index is 0.0219. The summed E-state index contributed by atoms with van der Waals surface area (Å²) in [6.45, 7) is 0.484. The van der Waals surface area contributed by atoms with Crippen LogP contribution in [0, 0.1) is 17.2 Å². The number of thiocarbonyl (C=S) groups is 1. The number of nitrogens with zero attached hydrogens (tertiary/aromatic N) is 4. The third-order valence-corrected chi connectivity index (χ3v) is 7.68. The van der Waals surface area contributed by atoms with Gasteiger partial charge >= 0.3 is 6.18 Å². The molecule has 12 heteroatoms. The van der Waals surface area contributed by atoms with Crippen molar-refractivity contribution in [3.05, 3.63) is 113 Å². The van der Waals surface area contributed by atoms with Gasteiger partial charge in [0.1, 0.15) is 11.5 Å². The van der Waals surface area contributed by atoms with Crippen LogP contribution in [0.25, 0.3) is 0 Å². The summed E-state index contributed by atoms with van der Waals surface area (Å²) in [6, 6.07) is 21.6. The Morgan fingerprint density at radius 1 is 1.13 bits per heavy atom. The molecule has 3 aromatic carbocycles. The second-order valence-corrected chi connectivity index (χ2v) is 10.8. The lowest BCUT2D eigenvalue weighted by Crippen LogP contribution is -2.41. The van der Waals surface area contributed by atoms with Crippen molar-refractivity contribution < 1.29 is 22.7 Å². The smallest absolute Gasteiger partial charge is 0.416 e. The average molecular weight is 635 g/mol. The van der Waals surface area contributed by atoms with Crippen molar-refractivity contribution in [2.75, 3.05) is 25.5 Å². The van der Waals surface area contributed by atoms with Crippen molar-refractivity contribution in [3.8, 4) is 11.8 Å². The van der Waals surface area contributed by atoms with Crippen molar-refractivity contribution in [3.63, 3.8) is 0 Å². The number of benzene rings is 3. The number of ether oxygens (including phenoxy) is 1. The fourth-order valence-electron chi connectivity index (χ4n) is 4.97. The quantitative estimate of drug-likeness (QED) is 0.178. The Kier molecular flexibility index (Phi) is 11.3. The number of halogens is 3. The van der Waals surface area contributed by atoms with E-state index >= 15 is 0 Å². The normalized spacial score (nSPS) is 11.8. The monoisotopic (exact) mass is 634 g/mol. The molecule has 0 spiro atoms. The number of carbonyl (C=O) groups excluding carboxylic acids is 1. The Bertz CT molecular complexity index is 1650.